The first-order valence-electron chi connectivity index (χ1n) is 12.3. The highest BCUT2D eigenvalue weighted by Crippen LogP contribution is 2.35. The predicted molar refractivity (Wildman–Crippen MR) is 150 cm³/mol. The van der Waals surface area contributed by atoms with E-state index in [0.717, 1.165) is 28.2 Å². The van der Waals surface area contributed by atoms with E-state index in [9.17, 15) is 0 Å². The minimum atomic E-state index is 0.972. The standard InChI is InChI=1S/C30H22N2.C3H8/c1-21-16-17-30-26(18-21)25-14-8-9-15-29(25)32(30)24-19-27(22-10-4-2-5-11-22)31-28(20-24)23-12-6-3-7-13-23;1-3-2/h2-20H,1H3;3H2,1-2H3. The smallest absolute Gasteiger partial charge is 0.0730 e. The third-order valence-electron chi connectivity index (χ3n) is 6.04. The van der Waals surface area contributed by atoms with Crippen LogP contribution in [0.1, 0.15) is 25.8 Å². The normalized spacial score (nSPS) is 10.8. The molecular formula is C33H30N2. The maximum Gasteiger partial charge on any atom is 0.0730 e. The van der Waals surface area contributed by atoms with Gasteiger partial charge in [0.05, 0.1) is 28.1 Å². The van der Waals surface area contributed by atoms with Crippen LogP contribution in [0.4, 0.5) is 0 Å². The fourth-order valence-electron chi connectivity index (χ4n) is 4.52. The number of pyridine rings is 1. The molecule has 0 unspecified atom stereocenters. The fraction of sp³-hybridized carbons (Fsp3) is 0.121. The minimum absolute atomic E-state index is 0.972. The third-order valence-corrected chi connectivity index (χ3v) is 6.04. The minimum Gasteiger partial charge on any atom is -0.309 e. The highest BCUT2D eigenvalue weighted by molar-refractivity contribution is 6.09. The van der Waals surface area contributed by atoms with Gasteiger partial charge in [0.15, 0.2) is 0 Å². The average Bonchev–Trinajstić information content (AvgIpc) is 3.23. The molecule has 0 N–H and O–H groups in total. The molecule has 0 saturated heterocycles. The predicted octanol–water partition coefficient (Wildman–Crippen LogP) is 9.24. The van der Waals surface area contributed by atoms with Gasteiger partial charge in [-0.2, -0.15) is 0 Å². The van der Waals surface area contributed by atoms with E-state index in [4.69, 9.17) is 4.98 Å². The van der Waals surface area contributed by atoms with Gasteiger partial charge in [-0.15, -0.1) is 0 Å². The number of hydrogen-bond acceptors (Lipinski definition) is 1. The number of para-hydroxylation sites is 1. The number of fused-ring (bicyclic) bond motifs is 3. The van der Waals surface area contributed by atoms with Gasteiger partial charge in [-0.1, -0.05) is 111 Å². The van der Waals surface area contributed by atoms with Crippen LogP contribution in [0.2, 0.25) is 0 Å². The summed E-state index contributed by atoms with van der Waals surface area (Å²) in [6.45, 7) is 6.40. The zero-order valence-corrected chi connectivity index (χ0v) is 20.6. The molecule has 0 fully saturated rings. The molecule has 2 heteroatoms. The topological polar surface area (TPSA) is 17.8 Å². The van der Waals surface area contributed by atoms with Crippen molar-refractivity contribution in [2.75, 3.05) is 0 Å². The lowest BCUT2D eigenvalue weighted by molar-refractivity contribution is 1.09. The number of aryl methyl sites for hydroxylation is 1. The largest absolute Gasteiger partial charge is 0.309 e. The summed E-state index contributed by atoms with van der Waals surface area (Å²) in [4.78, 5) is 5.04. The van der Waals surface area contributed by atoms with Gasteiger partial charge in [0.2, 0.25) is 0 Å². The molecule has 4 aromatic carbocycles. The van der Waals surface area contributed by atoms with E-state index in [0.29, 0.717) is 0 Å². The maximum atomic E-state index is 5.04. The van der Waals surface area contributed by atoms with Crippen LogP contribution in [0.25, 0.3) is 50.0 Å². The van der Waals surface area contributed by atoms with E-state index in [-0.39, 0.29) is 0 Å². The van der Waals surface area contributed by atoms with Crippen LogP contribution in [0.3, 0.4) is 0 Å². The van der Waals surface area contributed by atoms with Gasteiger partial charge in [0, 0.05) is 21.9 Å². The van der Waals surface area contributed by atoms with E-state index in [2.05, 4.69) is 128 Å². The average molecular weight is 455 g/mol. The molecular weight excluding hydrogens is 424 g/mol. The van der Waals surface area contributed by atoms with Gasteiger partial charge in [-0.05, 0) is 37.3 Å². The molecule has 0 aliphatic heterocycles. The van der Waals surface area contributed by atoms with Crippen molar-refractivity contribution >= 4 is 21.8 Å². The zero-order valence-electron chi connectivity index (χ0n) is 20.6. The first kappa shape index (κ1) is 22.6. The van der Waals surface area contributed by atoms with Crippen molar-refractivity contribution in [3.63, 3.8) is 0 Å². The van der Waals surface area contributed by atoms with Crippen molar-refractivity contribution in [2.24, 2.45) is 0 Å². The molecule has 0 aliphatic rings. The second kappa shape index (κ2) is 9.99. The zero-order chi connectivity index (χ0) is 24.2. The maximum absolute atomic E-state index is 5.04. The van der Waals surface area contributed by atoms with Gasteiger partial charge >= 0.3 is 0 Å². The van der Waals surface area contributed by atoms with Crippen LogP contribution in [0.5, 0.6) is 0 Å². The Morgan fingerprint density at radius 3 is 1.69 bits per heavy atom. The summed E-state index contributed by atoms with van der Waals surface area (Å²) in [7, 11) is 0. The molecule has 2 nitrogen and oxygen atoms in total. The van der Waals surface area contributed by atoms with Crippen LogP contribution < -0.4 is 0 Å². The quantitative estimate of drug-likeness (QED) is 0.260. The summed E-state index contributed by atoms with van der Waals surface area (Å²) in [6.07, 6.45) is 1.25. The Morgan fingerprint density at radius 2 is 1.09 bits per heavy atom. The Kier molecular flexibility index (Phi) is 6.45. The number of benzene rings is 4. The van der Waals surface area contributed by atoms with Gasteiger partial charge < -0.3 is 4.57 Å². The number of rotatable bonds is 3. The lowest BCUT2D eigenvalue weighted by atomic mass is 10.1. The number of hydrogen-bond donors (Lipinski definition) is 0. The second-order valence-electron chi connectivity index (χ2n) is 8.91. The molecule has 2 aromatic heterocycles. The first-order valence-corrected chi connectivity index (χ1v) is 12.3. The van der Waals surface area contributed by atoms with Crippen molar-refractivity contribution < 1.29 is 0 Å². The Bertz CT molecular complexity index is 1520. The van der Waals surface area contributed by atoms with Crippen molar-refractivity contribution in [3.8, 4) is 28.2 Å². The van der Waals surface area contributed by atoms with Gasteiger partial charge in [-0.25, -0.2) is 4.98 Å². The molecule has 0 spiro atoms. The number of nitrogens with zero attached hydrogens (tertiary/aromatic N) is 2. The van der Waals surface area contributed by atoms with Gasteiger partial charge in [-0.3, -0.25) is 0 Å². The summed E-state index contributed by atoms with van der Waals surface area (Å²) in [5.74, 6) is 0. The van der Waals surface area contributed by atoms with Gasteiger partial charge in [0.1, 0.15) is 0 Å². The molecule has 0 amide bonds. The van der Waals surface area contributed by atoms with E-state index in [1.807, 2.05) is 12.1 Å². The molecule has 0 saturated carbocycles. The van der Waals surface area contributed by atoms with Crippen molar-refractivity contribution in [1.82, 2.24) is 9.55 Å². The third kappa shape index (κ3) is 4.48. The molecule has 172 valence electrons. The monoisotopic (exact) mass is 454 g/mol. The fourth-order valence-corrected chi connectivity index (χ4v) is 4.52. The summed E-state index contributed by atoms with van der Waals surface area (Å²) in [5.41, 5.74) is 8.97. The lowest BCUT2D eigenvalue weighted by Gasteiger charge is -2.13. The van der Waals surface area contributed by atoms with E-state index in [1.54, 1.807) is 0 Å². The molecule has 6 rings (SSSR count). The Hall–Kier alpha value is -4.17. The highest BCUT2D eigenvalue weighted by Gasteiger charge is 2.15. The lowest BCUT2D eigenvalue weighted by Crippen LogP contribution is -1.98. The molecule has 0 radical (unpaired) electrons. The van der Waals surface area contributed by atoms with Crippen molar-refractivity contribution in [1.29, 1.82) is 0 Å². The van der Waals surface area contributed by atoms with Gasteiger partial charge in [0.25, 0.3) is 0 Å². The number of aromatic nitrogens is 2. The Labute approximate surface area is 207 Å². The highest BCUT2D eigenvalue weighted by atomic mass is 15.0. The molecule has 6 aromatic rings. The SMILES string of the molecule is CCC.Cc1ccc2c(c1)c1ccccc1n2-c1cc(-c2ccccc2)nc(-c2ccccc2)c1. The molecule has 2 heterocycles. The van der Waals surface area contributed by atoms with E-state index in [1.165, 1.54) is 33.8 Å². The molecule has 0 atom stereocenters. The van der Waals surface area contributed by atoms with Crippen LogP contribution in [-0.2, 0) is 0 Å². The second-order valence-corrected chi connectivity index (χ2v) is 8.91. The molecule has 0 bridgehead atoms. The van der Waals surface area contributed by atoms with Crippen LogP contribution in [0.15, 0.2) is 115 Å². The van der Waals surface area contributed by atoms with E-state index >= 15 is 0 Å². The summed E-state index contributed by atoms with van der Waals surface area (Å²) in [6, 6.07) is 40.6. The van der Waals surface area contributed by atoms with Crippen LogP contribution in [0, 0.1) is 6.92 Å². The van der Waals surface area contributed by atoms with Crippen LogP contribution in [-0.4, -0.2) is 9.55 Å². The van der Waals surface area contributed by atoms with Crippen LogP contribution >= 0.6 is 0 Å². The first-order chi connectivity index (χ1) is 17.2. The van der Waals surface area contributed by atoms with Crippen molar-refractivity contribution in [2.45, 2.75) is 27.2 Å². The Balaban J connectivity index is 0.000000806. The van der Waals surface area contributed by atoms with Crippen molar-refractivity contribution in [3.05, 3.63) is 121 Å². The molecule has 0 aliphatic carbocycles. The van der Waals surface area contributed by atoms with E-state index < -0.39 is 0 Å². The Morgan fingerprint density at radius 1 is 0.571 bits per heavy atom. The molecule has 35 heavy (non-hydrogen) atoms. The summed E-state index contributed by atoms with van der Waals surface area (Å²) in [5, 5.41) is 2.55. The summed E-state index contributed by atoms with van der Waals surface area (Å²) < 4.78 is 2.37. The summed E-state index contributed by atoms with van der Waals surface area (Å²) >= 11 is 0.